The van der Waals surface area contributed by atoms with E-state index < -0.39 is 4.92 Å². The highest BCUT2D eigenvalue weighted by Gasteiger charge is 2.13. The van der Waals surface area contributed by atoms with Crippen LogP contribution in [0.25, 0.3) is 16.6 Å². The van der Waals surface area contributed by atoms with E-state index in [0.717, 1.165) is 22.1 Å². The molecule has 0 aliphatic carbocycles. The highest BCUT2D eigenvalue weighted by atomic mass is 32.2. The Morgan fingerprint density at radius 3 is 2.75 bits per heavy atom. The molecule has 1 aromatic carbocycles. The van der Waals surface area contributed by atoms with Crippen molar-refractivity contribution in [2.24, 2.45) is 0 Å². The van der Waals surface area contributed by atoms with Crippen LogP contribution in [0.5, 0.6) is 0 Å². The van der Waals surface area contributed by atoms with Crippen LogP contribution in [0.3, 0.4) is 0 Å². The van der Waals surface area contributed by atoms with Crippen molar-refractivity contribution in [1.82, 2.24) is 19.6 Å². The number of rotatable bonds is 3. The minimum absolute atomic E-state index is 0.0356. The lowest BCUT2D eigenvalue weighted by atomic mass is 10.1. The van der Waals surface area contributed by atoms with Crippen LogP contribution in [-0.4, -0.2) is 24.5 Å². The predicted molar refractivity (Wildman–Crippen MR) is 90.2 cm³/mol. The van der Waals surface area contributed by atoms with Gasteiger partial charge in [-0.25, -0.2) is 4.98 Å². The third-order valence-electron chi connectivity index (χ3n) is 3.70. The van der Waals surface area contributed by atoms with Crippen molar-refractivity contribution in [2.75, 3.05) is 0 Å². The summed E-state index contributed by atoms with van der Waals surface area (Å²) >= 11 is 1.32. The summed E-state index contributed by atoms with van der Waals surface area (Å²) in [5.41, 5.74) is 2.87. The summed E-state index contributed by atoms with van der Waals surface area (Å²) < 4.78 is 1.97. The summed E-state index contributed by atoms with van der Waals surface area (Å²) in [7, 11) is 0. The van der Waals surface area contributed by atoms with Gasteiger partial charge in [0.1, 0.15) is 11.2 Å². The molecule has 3 aromatic heterocycles. The van der Waals surface area contributed by atoms with E-state index in [9.17, 15) is 10.1 Å². The largest absolute Gasteiger partial charge is 0.287 e. The van der Waals surface area contributed by atoms with Gasteiger partial charge in [-0.2, -0.15) is 0 Å². The molecule has 0 spiro atoms. The average Bonchev–Trinajstić information content (AvgIpc) is 2.98. The summed E-state index contributed by atoms with van der Waals surface area (Å²) in [6, 6.07) is 13.1. The number of fused-ring (bicyclic) bond motifs is 3. The van der Waals surface area contributed by atoms with Crippen molar-refractivity contribution >= 4 is 34.0 Å². The first-order valence-electron chi connectivity index (χ1n) is 7.15. The van der Waals surface area contributed by atoms with Gasteiger partial charge in [-0.15, -0.1) is 10.2 Å². The third-order valence-corrected chi connectivity index (χ3v) is 4.60. The van der Waals surface area contributed by atoms with Crippen LogP contribution in [0.4, 0.5) is 5.69 Å². The fourth-order valence-electron chi connectivity index (χ4n) is 2.58. The second kappa shape index (κ2) is 5.57. The van der Waals surface area contributed by atoms with E-state index in [0.29, 0.717) is 10.2 Å². The summed E-state index contributed by atoms with van der Waals surface area (Å²) in [6.45, 7) is 2.04. The first-order chi connectivity index (χ1) is 11.6. The first-order valence-corrected chi connectivity index (χ1v) is 7.97. The Morgan fingerprint density at radius 1 is 1.17 bits per heavy atom. The van der Waals surface area contributed by atoms with E-state index in [-0.39, 0.29) is 5.69 Å². The normalized spacial score (nSPS) is 11.2. The van der Waals surface area contributed by atoms with Crippen molar-refractivity contribution in [3.63, 3.8) is 0 Å². The van der Waals surface area contributed by atoms with E-state index >= 15 is 0 Å². The van der Waals surface area contributed by atoms with E-state index in [1.54, 1.807) is 6.07 Å². The second-order valence-corrected chi connectivity index (χ2v) is 6.22. The zero-order chi connectivity index (χ0) is 16.7. The fraction of sp³-hybridized carbons (Fsp3) is 0.0625. The number of nitro groups is 1. The van der Waals surface area contributed by atoms with Gasteiger partial charge in [0.15, 0.2) is 5.65 Å². The number of aryl methyl sites for hydroxylation is 1. The Labute approximate surface area is 140 Å². The molecule has 0 saturated heterocycles. The molecule has 0 saturated carbocycles. The lowest BCUT2D eigenvalue weighted by molar-refractivity contribution is -0.385. The topological polar surface area (TPSA) is 86.2 Å². The molecule has 0 N–H and O–H groups in total. The first kappa shape index (κ1) is 14.6. The Morgan fingerprint density at radius 2 is 2.00 bits per heavy atom. The van der Waals surface area contributed by atoms with Crippen molar-refractivity contribution in [3.05, 3.63) is 64.3 Å². The zero-order valence-corrected chi connectivity index (χ0v) is 13.4. The van der Waals surface area contributed by atoms with Crippen LogP contribution in [0.1, 0.15) is 5.56 Å². The van der Waals surface area contributed by atoms with Gasteiger partial charge < -0.3 is 0 Å². The predicted octanol–water partition coefficient (Wildman–Crippen LogP) is 3.65. The van der Waals surface area contributed by atoms with Gasteiger partial charge in [0.2, 0.25) is 5.16 Å². The number of nitrogens with zero attached hydrogens (tertiary/aromatic N) is 5. The van der Waals surface area contributed by atoms with Crippen LogP contribution < -0.4 is 0 Å². The SMILES string of the molecule is Cc1cc2nnc(Sc3ccc([N+](=O)[O-])cn3)n2c2ccccc12. The van der Waals surface area contributed by atoms with Gasteiger partial charge in [-0.1, -0.05) is 18.2 Å². The molecule has 4 aromatic rings. The smallest absolute Gasteiger partial charge is 0.270 e. The maximum Gasteiger partial charge on any atom is 0.287 e. The van der Waals surface area contributed by atoms with E-state index in [1.807, 2.05) is 35.6 Å². The summed E-state index contributed by atoms with van der Waals surface area (Å²) in [6.07, 6.45) is 1.24. The van der Waals surface area contributed by atoms with Crippen molar-refractivity contribution < 1.29 is 4.92 Å². The van der Waals surface area contributed by atoms with Crippen LogP contribution >= 0.6 is 11.8 Å². The van der Waals surface area contributed by atoms with Gasteiger partial charge >= 0.3 is 0 Å². The number of hydrogen-bond donors (Lipinski definition) is 0. The number of aromatic nitrogens is 4. The molecule has 7 nitrogen and oxygen atoms in total. The van der Waals surface area contributed by atoms with Crippen molar-refractivity contribution in [1.29, 1.82) is 0 Å². The fourth-order valence-corrected chi connectivity index (χ4v) is 3.37. The highest BCUT2D eigenvalue weighted by molar-refractivity contribution is 7.99. The quantitative estimate of drug-likeness (QED) is 0.419. The lowest BCUT2D eigenvalue weighted by Crippen LogP contribution is -1.93. The molecule has 4 rings (SSSR count). The van der Waals surface area contributed by atoms with Crippen LogP contribution in [0.2, 0.25) is 0 Å². The third kappa shape index (κ3) is 2.37. The van der Waals surface area contributed by atoms with Crippen LogP contribution in [-0.2, 0) is 0 Å². The Bertz CT molecular complexity index is 1080. The van der Waals surface area contributed by atoms with E-state index in [4.69, 9.17) is 0 Å². The van der Waals surface area contributed by atoms with Gasteiger partial charge in [0.25, 0.3) is 5.69 Å². The minimum Gasteiger partial charge on any atom is -0.270 e. The number of para-hydroxylation sites is 1. The van der Waals surface area contributed by atoms with Crippen LogP contribution in [0.15, 0.2) is 58.8 Å². The Hall–Kier alpha value is -3.00. The molecule has 0 atom stereocenters. The van der Waals surface area contributed by atoms with Gasteiger partial charge in [0, 0.05) is 11.5 Å². The number of pyridine rings is 2. The van der Waals surface area contributed by atoms with E-state index in [2.05, 4.69) is 21.2 Å². The maximum atomic E-state index is 10.7. The molecule has 0 unspecified atom stereocenters. The van der Waals surface area contributed by atoms with E-state index in [1.165, 1.54) is 24.0 Å². The summed E-state index contributed by atoms with van der Waals surface area (Å²) in [5.74, 6) is 0. The molecule has 8 heteroatoms. The molecule has 0 aliphatic heterocycles. The standard InChI is InChI=1S/C16H11N5O2S/c1-10-8-14-18-19-16(20(14)13-5-3-2-4-12(10)13)24-15-7-6-11(9-17-15)21(22)23/h2-9H,1H3. The summed E-state index contributed by atoms with van der Waals surface area (Å²) in [4.78, 5) is 14.4. The van der Waals surface area contributed by atoms with Crippen LogP contribution in [0, 0.1) is 17.0 Å². The molecule has 118 valence electrons. The molecule has 24 heavy (non-hydrogen) atoms. The molecule has 0 fully saturated rings. The number of benzene rings is 1. The summed E-state index contributed by atoms with van der Waals surface area (Å²) in [5, 5.41) is 21.6. The molecule has 0 aliphatic rings. The Kier molecular flexibility index (Phi) is 3.39. The monoisotopic (exact) mass is 337 g/mol. The second-order valence-electron chi connectivity index (χ2n) is 5.23. The molecular formula is C16H11N5O2S. The molecule has 0 amide bonds. The van der Waals surface area contributed by atoms with Gasteiger partial charge in [-0.05, 0) is 42.4 Å². The lowest BCUT2D eigenvalue weighted by Gasteiger charge is -2.06. The minimum atomic E-state index is -0.468. The average molecular weight is 337 g/mol. The Balaban J connectivity index is 1.82. The molecule has 0 radical (unpaired) electrons. The van der Waals surface area contributed by atoms with Gasteiger partial charge in [0.05, 0.1) is 10.4 Å². The zero-order valence-electron chi connectivity index (χ0n) is 12.6. The van der Waals surface area contributed by atoms with Crippen molar-refractivity contribution in [3.8, 4) is 0 Å². The molecule has 0 bridgehead atoms. The van der Waals surface area contributed by atoms with Gasteiger partial charge in [-0.3, -0.25) is 14.5 Å². The number of hydrogen-bond acceptors (Lipinski definition) is 6. The maximum absolute atomic E-state index is 10.7. The highest BCUT2D eigenvalue weighted by Crippen LogP contribution is 2.29. The molecular weight excluding hydrogens is 326 g/mol. The van der Waals surface area contributed by atoms with Crippen molar-refractivity contribution in [2.45, 2.75) is 17.1 Å². The molecule has 3 heterocycles.